The van der Waals surface area contributed by atoms with E-state index in [0.717, 1.165) is 22.2 Å². The van der Waals surface area contributed by atoms with Gasteiger partial charge in [0.25, 0.3) is 0 Å². The molecule has 3 heteroatoms. The zero-order chi connectivity index (χ0) is 17.8. The van der Waals surface area contributed by atoms with Gasteiger partial charge in [-0.05, 0) is 64.6 Å². The molecule has 0 spiro atoms. The summed E-state index contributed by atoms with van der Waals surface area (Å²) in [5.74, 6) is 0.645. The molecule has 0 radical (unpaired) electrons. The molecule has 0 fully saturated rings. The number of aliphatic hydroxyl groups excluding tert-OH is 1. The average molecular weight is 335 g/mol. The van der Waals surface area contributed by atoms with Crippen molar-refractivity contribution in [1.29, 1.82) is 0 Å². The molecule has 3 nitrogen and oxygen atoms in total. The summed E-state index contributed by atoms with van der Waals surface area (Å²) in [7, 11) is 0. The van der Waals surface area contributed by atoms with Crippen molar-refractivity contribution >= 4 is 11.1 Å². The third kappa shape index (κ3) is 2.67. The van der Waals surface area contributed by atoms with Crippen molar-refractivity contribution in [1.82, 2.24) is 4.98 Å². The topological polar surface area (TPSA) is 46.3 Å². The highest BCUT2D eigenvalue weighted by atomic mass is 16.3. The number of hydrogen-bond acceptors (Lipinski definition) is 3. The van der Waals surface area contributed by atoms with Crippen LogP contribution in [0.1, 0.15) is 57.2 Å². The fraction of sp³-hybridized carbons (Fsp3) is 0.409. The zero-order valence-corrected chi connectivity index (χ0v) is 15.4. The molecular formula is C22H25NO2. The first-order valence-electron chi connectivity index (χ1n) is 8.96. The van der Waals surface area contributed by atoms with Crippen LogP contribution in [0.4, 0.5) is 0 Å². The van der Waals surface area contributed by atoms with Crippen molar-refractivity contribution in [2.24, 2.45) is 0 Å². The summed E-state index contributed by atoms with van der Waals surface area (Å²) in [6.07, 6.45) is 2.39. The van der Waals surface area contributed by atoms with Gasteiger partial charge in [-0.2, -0.15) is 0 Å². The van der Waals surface area contributed by atoms with E-state index >= 15 is 0 Å². The molecule has 1 aliphatic rings. The van der Waals surface area contributed by atoms with Crippen molar-refractivity contribution in [2.75, 3.05) is 0 Å². The van der Waals surface area contributed by atoms with Crippen LogP contribution in [0, 0.1) is 0 Å². The minimum Gasteiger partial charge on any atom is -0.436 e. The Morgan fingerprint density at radius 3 is 2.40 bits per heavy atom. The predicted octanol–water partition coefficient (Wildman–Crippen LogP) is 5.34. The highest BCUT2D eigenvalue weighted by Gasteiger charge is 2.37. The smallest absolute Gasteiger partial charge is 0.227 e. The van der Waals surface area contributed by atoms with Gasteiger partial charge in [0.05, 0.1) is 6.61 Å². The molecule has 1 heterocycles. The highest BCUT2D eigenvalue weighted by molar-refractivity contribution is 5.77. The van der Waals surface area contributed by atoms with E-state index < -0.39 is 0 Å². The summed E-state index contributed by atoms with van der Waals surface area (Å²) in [6, 6.07) is 12.3. The zero-order valence-electron chi connectivity index (χ0n) is 15.4. The maximum absolute atomic E-state index is 9.30. The SMILES string of the molecule is CC1(C)CCC(C)(C)c2cc(-c3nc4ccc(CO)cc4o3)ccc21. The van der Waals surface area contributed by atoms with Crippen LogP contribution in [0.15, 0.2) is 40.8 Å². The van der Waals surface area contributed by atoms with E-state index in [4.69, 9.17) is 4.42 Å². The predicted molar refractivity (Wildman–Crippen MR) is 101 cm³/mol. The van der Waals surface area contributed by atoms with Crippen LogP contribution < -0.4 is 0 Å². The minimum atomic E-state index is 0.00803. The quantitative estimate of drug-likeness (QED) is 0.688. The van der Waals surface area contributed by atoms with Crippen LogP contribution in [0.5, 0.6) is 0 Å². The Morgan fingerprint density at radius 2 is 1.68 bits per heavy atom. The molecule has 1 N–H and O–H groups in total. The monoisotopic (exact) mass is 335 g/mol. The third-order valence-corrected chi connectivity index (χ3v) is 5.74. The maximum Gasteiger partial charge on any atom is 0.227 e. The Balaban J connectivity index is 1.84. The normalized spacial score (nSPS) is 18.3. The summed E-state index contributed by atoms with van der Waals surface area (Å²) in [4.78, 5) is 4.64. The van der Waals surface area contributed by atoms with Gasteiger partial charge in [0.15, 0.2) is 5.58 Å². The molecule has 0 saturated carbocycles. The van der Waals surface area contributed by atoms with Gasteiger partial charge in [-0.15, -0.1) is 0 Å². The molecule has 130 valence electrons. The first-order valence-corrected chi connectivity index (χ1v) is 8.96. The van der Waals surface area contributed by atoms with Gasteiger partial charge in [-0.3, -0.25) is 0 Å². The Labute approximate surface area is 148 Å². The molecule has 2 aromatic carbocycles. The summed E-state index contributed by atoms with van der Waals surface area (Å²) in [5, 5.41) is 9.30. The summed E-state index contributed by atoms with van der Waals surface area (Å²) < 4.78 is 5.99. The van der Waals surface area contributed by atoms with Crippen molar-refractivity contribution in [3.8, 4) is 11.5 Å². The van der Waals surface area contributed by atoms with Crippen LogP contribution >= 0.6 is 0 Å². The lowest BCUT2D eigenvalue weighted by Crippen LogP contribution is -2.33. The molecular weight excluding hydrogens is 310 g/mol. The van der Waals surface area contributed by atoms with E-state index in [0.29, 0.717) is 5.89 Å². The van der Waals surface area contributed by atoms with E-state index in [1.54, 1.807) is 0 Å². The van der Waals surface area contributed by atoms with Gasteiger partial charge in [-0.1, -0.05) is 39.8 Å². The number of fused-ring (bicyclic) bond motifs is 2. The van der Waals surface area contributed by atoms with E-state index in [1.807, 2.05) is 18.2 Å². The number of aliphatic hydroxyl groups is 1. The first-order chi connectivity index (χ1) is 11.8. The Bertz CT molecular complexity index is 950. The van der Waals surface area contributed by atoms with E-state index in [2.05, 4.69) is 50.9 Å². The number of hydrogen-bond donors (Lipinski definition) is 1. The van der Waals surface area contributed by atoms with Crippen molar-refractivity contribution in [3.63, 3.8) is 0 Å². The average Bonchev–Trinajstić information content (AvgIpc) is 3.02. The number of benzene rings is 2. The standard InChI is InChI=1S/C22H25NO2/c1-21(2)9-10-22(3,4)17-12-15(6-7-16(17)21)20-23-18-8-5-14(13-24)11-19(18)25-20/h5-8,11-12,24H,9-10,13H2,1-4H3. The first kappa shape index (κ1) is 16.3. The van der Waals surface area contributed by atoms with Crippen LogP contribution in [0.2, 0.25) is 0 Å². The van der Waals surface area contributed by atoms with Gasteiger partial charge >= 0.3 is 0 Å². The molecule has 1 aliphatic carbocycles. The molecule has 1 aromatic heterocycles. The fourth-order valence-electron chi connectivity index (χ4n) is 3.91. The molecule has 0 atom stereocenters. The third-order valence-electron chi connectivity index (χ3n) is 5.74. The van der Waals surface area contributed by atoms with E-state index in [9.17, 15) is 5.11 Å². The largest absolute Gasteiger partial charge is 0.436 e. The lowest BCUT2D eigenvalue weighted by atomic mass is 9.63. The van der Waals surface area contributed by atoms with Crippen molar-refractivity contribution in [2.45, 2.75) is 58.0 Å². The van der Waals surface area contributed by atoms with Crippen molar-refractivity contribution in [3.05, 3.63) is 53.1 Å². The van der Waals surface area contributed by atoms with Crippen LogP contribution in [-0.4, -0.2) is 10.1 Å². The lowest BCUT2D eigenvalue weighted by molar-refractivity contribution is 0.282. The Hall–Kier alpha value is -2.13. The van der Waals surface area contributed by atoms with Crippen LogP contribution in [-0.2, 0) is 17.4 Å². The van der Waals surface area contributed by atoms with Gasteiger partial charge in [0, 0.05) is 5.56 Å². The van der Waals surface area contributed by atoms with Gasteiger partial charge in [0.2, 0.25) is 5.89 Å². The fourth-order valence-corrected chi connectivity index (χ4v) is 3.91. The van der Waals surface area contributed by atoms with Gasteiger partial charge in [0.1, 0.15) is 5.52 Å². The van der Waals surface area contributed by atoms with E-state index in [1.165, 1.54) is 24.0 Å². The second-order valence-electron chi connectivity index (χ2n) is 8.51. The number of nitrogens with zero attached hydrogens (tertiary/aromatic N) is 1. The highest BCUT2D eigenvalue weighted by Crippen LogP contribution is 2.46. The van der Waals surface area contributed by atoms with Crippen molar-refractivity contribution < 1.29 is 9.52 Å². The Kier molecular flexibility index (Phi) is 3.55. The Morgan fingerprint density at radius 1 is 0.960 bits per heavy atom. The number of oxazole rings is 1. The number of aromatic nitrogens is 1. The van der Waals surface area contributed by atoms with E-state index in [-0.39, 0.29) is 17.4 Å². The van der Waals surface area contributed by atoms with Crippen LogP contribution in [0.3, 0.4) is 0 Å². The summed E-state index contributed by atoms with van der Waals surface area (Å²) in [5.41, 5.74) is 6.61. The van der Waals surface area contributed by atoms with Gasteiger partial charge < -0.3 is 9.52 Å². The molecule has 0 aliphatic heterocycles. The summed E-state index contributed by atoms with van der Waals surface area (Å²) >= 11 is 0. The molecule has 25 heavy (non-hydrogen) atoms. The summed E-state index contributed by atoms with van der Waals surface area (Å²) in [6.45, 7) is 9.32. The molecule has 0 bridgehead atoms. The van der Waals surface area contributed by atoms with Gasteiger partial charge in [-0.25, -0.2) is 4.98 Å². The number of rotatable bonds is 2. The second-order valence-corrected chi connectivity index (χ2v) is 8.51. The second kappa shape index (κ2) is 5.43. The molecule has 0 amide bonds. The van der Waals surface area contributed by atoms with Crippen LogP contribution in [0.25, 0.3) is 22.6 Å². The minimum absolute atomic E-state index is 0.00803. The molecule has 0 saturated heterocycles. The molecule has 4 rings (SSSR count). The maximum atomic E-state index is 9.30. The molecule has 0 unspecified atom stereocenters. The molecule has 3 aromatic rings. The lowest BCUT2D eigenvalue weighted by Gasteiger charge is -2.42.